The molecule has 2 rings (SSSR count). The van der Waals surface area contributed by atoms with Crippen LogP contribution in [0.5, 0.6) is 0 Å². The summed E-state index contributed by atoms with van der Waals surface area (Å²) in [5.74, 6) is -0.101. The van der Waals surface area contributed by atoms with E-state index in [4.69, 9.17) is 5.11 Å². The van der Waals surface area contributed by atoms with Crippen LogP contribution < -0.4 is 5.32 Å². The molecular weight excluding hydrogens is 202 g/mol. The van der Waals surface area contributed by atoms with Crippen LogP contribution in [0, 0.1) is 0 Å². The molecular formula is C13H17NO2. The third-order valence-electron chi connectivity index (χ3n) is 3.01. The highest BCUT2D eigenvalue weighted by molar-refractivity contribution is 5.94. The standard InChI is InChI=1S/C13H17NO2/c1-9(8-15)14-13(16)12-6-5-10-3-2-4-11(10)7-12/h5-7,9,15H,2-4,8H2,1H3,(H,14,16)/t9-/m1/s1. The predicted molar refractivity (Wildman–Crippen MR) is 62.5 cm³/mol. The summed E-state index contributed by atoms with van der Waals surface area (Å²) in [7, 11) is 0. The number of aryl methyl sites for hydroxylation is 2. The molecule has 1 aromatic carbocycles. The number of hydrogen-bond donors (Lipinski definition) is 2. The summed E-state index contributed by atoms with van der Waals surface area (Å²) in [4.78, 5) is 11.8. The molecule has 0 fully saturated rings. The van der Waals surface area contributed by atoms with Crippen LogP contribution in [-0.2, 0) is 12.8 Å². The van der Waals surface area contributed by atoms with Crippen molar-refractivity contribution in [2.24, 2.45) is 0 Å². The Labute approximate surface area is 95.5 Å². The van der Waals surface area contributed by atoms with Gasteiger partial charge < -0.3 is 10.4 Å². The van der Waals surface area contributed by atoms with Crippen LogP contribution in [-0.4, -0.2) is 23.7 Å². The van der Waals surface area contributed by atoms with Crippen molar-refractivity contribution in [1.29, 1.82) is 0 Å². The molecule has 3 nitrogen and oxygen atoms in total. The fourth-order valence-corrected chi connectivity index (χ4v) is 2.07. The number of fused-ring (bicyclic) bond motifs is 1. The second kappa shape index (κ2) is 4.66. The average Bonchev–Trinajstić information content (AvgIpc) is 2.75. The smallest absolute Gasteiger partial charge is 0.251 e. The highest BCUT2D eigenvalue weighted by atomic mass is 16.3. The van der Waals surface area contributed by atoms with Gasteiger partial charge in [-0.15, -0.1) is 0 Å². The zero-order valence-electron chi connectivity index (χ0n) is 9.49. The molecule has 1 atom stereocenters. The van der Waals surface area contributed by atoms with E-state index in [1.54, 1.807) is 6.92 Å². The summed E-state index contributed by atoms with van der Waals surface area (Å²) < 4.78 is 0. The van der Waals surface area contributed by atoms with Crippen molar-refractivity contribution in [2.75, 3.05) is 6.61 Å². The Bertz CT molecular complexity index is 401. The predicted octanol–water partition coefficient (Wildman–Crippen LogP) is 1.29. The molecule has 1 aliphatic rings. The molecule has 1 aromatic rings. The molecule has 0 saturated carbocycles. The van der Waals surface area contributed by atoms with Gasteiger partial charge in [0.15, 0.2) is 0 Å². The zero-order chi connectivity index (χ0) is 11.5. The lowest BCUT2D eigenvalue weighted by Gasteiger charge is -2.11. The quantitative estimate of drug-likeness (QED) is 0.804. The first kappa shape index (κ1) is 11.1. The Balaban J connectivity index is 2.12. The van der Waals surface area contributed by atoms with Crippen LogP contribution in [0.3, 0.4) is 0 Å². The molecule has 0 aromatic heterocycles. The van der Waals surface area contributed by atoms with Crippen LogP contribution in [0.15, 0.2) is 18.2 Å². The van der Waals surface area contributed by atoms with Crippen LogP contribution in [0.1, 0.15) is 34.8 Å². The third-order valence-corrected chi connectivity index (χ3v) is 3.01. The Hall–Kier alpha value is -1.35. The molecule has 0 bridgehead atoms. The third kappa shape index (κ3) is 2.25. The second-order valence-corrected chi connectivity index (χ2v) is 4.39. The van der Waals surface area contributed by atoms with Crippen LogP contribution in [0.2, 0.25) is 0 Å². The van der Waals surface area contributed by atoms with Gasteiger partial charge >= 0.3 is 0 Å². The Kier molecular flexibility index (Phi) is 3.25. The monoisotopic (exact) mass is 219 g/mol. The normalized spacial score (nSPS) is 15.6. The summed E-state index contributed by atoms with van der Waals surface area (Å²) in [5.41, 5.74) is 3.36. The van der Waals surface area contributed by atoms with E-state index < -0.39 is 0 Å². The van der Waals surface area contributed by atoms with Gasteiger partial charge in [0.25, 0.3) is 5.91 Å². The number of nitrogens with one attached hydrogen (secondary N) is 1. The fraction of sp³-hybridized carbons (Fsp3) is 0.462. The molecule has 1 amide bonds. The van der Waals surface area contributed by atoms with Gasteiger partial charge in [0.2, 0.25) is 0 Å². The van der Waals surface area contributed by atoms with Crippen molar-refractivity contribution < 1.29 is 9.90 Å². The highest BCUT2D eigenvalue weighted by Gasteiger charge is 2.14. The molecule has 0 heterocycles. The Morgan fingerprint density at radius 2 is 2.19 bits per heavy atom. The average molecular weight is 219 g/mol. The van der Waals surface area contributed by atoms with Gasteiger partial charge in [-0.1, -0.05) is 6.07 Å². The largest absolute Gasteiger partial charge is 0.394 e. The van der Waals surface area contributed by atoms with Crippen molar-refractivity contribution in [3.05, 3.63) is 34.9 Å². The zero-order valence-corrected chi connectivity index (χ0v) is 9.49. The van der Waals surface area contributed by atoms with Gasteiger partial charge in [-0.3, -0.25) is 4.79 Å². The Morgan fingerprint density at radius 3 is 2.94 bits per heavy atom. The number of aliphatic hydroxyl groups is 1. The maximum atomic E-state index is 11.8. The van der Waals surface area contributed by atoms with Crippen molar-refractivity contribution in [1.82, 2.24) is 5.32 Å². The second-order valence-electron chi connectivity index (χ2n) is 4.39. The minimum Gasteiger partial charge on any atom is -0.394 e. The van der Waals surface area contributed by atoms with E-state index in [2.05, 4.69) is 5.32 Å². The van der Waals surface area contributed by atoms with Crippen molar-refractivity contribution >= 4 is 5.91 Å². The first-order chi connectivity index (χ1) is 7.70. The minimum atomic E-state index is -0.194. The van der Waals surface area contributed by atoms with Crippen molar-refractivity contribution in [3.63, 3.8) is 0 Å². The van der Waals surface area contributed by atoms with Crippen LogP contribution >= 0.6 is 0 Å². The Morgan fingerprint density at radius 1 is 1.44 bits per heavy atom. The van der Waals surface area contributed by atoms with Crippen LogP contribution in [0.4, 0.5) is 0 Å². The summed E-state index contributed by atoms with van der Waals surface area (Å²) >= 11 is 0. The number of carbonyl (C=O) groups excluding carboxylic acids is 1. The number of benzene rings is 1. The van der Waals surface area contributed by atoms with E-state index in [0.717, 1.165) is 12.8 Å². The molecule has 0 saturated heterocycles. The van der Waals surface area contributed by atoms with Gasteiger partial charge in [0.1, 0.15) is 0 Å². The molecule has 1 aliphatic carbocycles. The van der Waals surface area contributed by atoms with Crippen molar-refractivity contribution in [2.45, 2.75) is 32.2 Å². The lowest BCUT2D eigenvalue weighted by molar-refractivity contribution is 0.0922. The van der Waals surface area contributed by atoms with Gasteiger partial charge in [0, 0.05) is 11.6 Å². The first-order valence-electron chi connectivity index (χ1n) is 5.74. The van der Waals surface area contributed by atoms with Gasteiger partial charge in [-0.2, -0.15) is 0 Å². The number of carbonyl (C=O) groups is 1. The SMILES string of the molecule is C[C@H](CO)NC(=O)c1ccc2c(c1)CCC2. The van der Waals surface area contributed by atoms with E-state index >= 15 is 0 Å². The molecule has 0 radical (unpaired) electrons. The number of aliphatic hydroxyl groups excluding tert-OH is 1. The lowest BCUT2D eigenvalue weighted by Crippen LogP contribution is -2.35. The highest BCUT2D eigenvalue weighted by Crippen LogP contribution is 2.22. The van der Waals surface area contributed by atoms with Gasteiger partial charge in [0.05, 0.1) is 6.61 Å². The summed E-state index contributed by atoms with van der Waals surface area (Å²) in [6.07, 6.45) is 3.39. The molecule has 3 heteroatoms. The number of amides is 1. The van der Waals surface area contributed by atoms with Gasteiger partial charge in [-0.05, 0) is 49.4 Å². The topological polar surface area (TPSA) is 49.3 Å². The minimum absolute atomic E-state index is 0.0311. The molecule has 16 heavy (non-hydrogen) atoms. The van der Waals surface area contributed by atoms with E-state index in [9.17, 15) is 4.79 Å². The number of hydrogen-bond acceptors (Lipinski definition) is 2. The lowest BCUT2D eigenvalue weighted by atomic mass is 10.1. The van der Waals surface area contributed by atoms with E-state index in [-0.39, 0.29) is 18.6 Å². The van der Waals surface area contributed by atoms with E-state index in [1.807, 2.05) is 18.2 Å². The fourth-order valence-electron chi connectivity index (χ4n) is 2.07. The summed E-state index contributed by atoms with van der Waals surface area (Å²) in [6, 6.07) is 5.69. The maximum absolute atomic E-state index is 11.8. The molecule has 0 aliphatic heterocycles. The molecule has 2 N–H and O–H groups in total. The maximum Gasteiger partial charge on any atom is 0.251 e. The summed E-state index contributed by atoms with van der Waals surface area (Å²) in [5, 5.41) is 11.6. The van der Waals surface area contributed by atoms with Crippen LogP contribution in [0.25, 0.3) is 0 Å². The van der Waals surface area contributed by atoms with E-state index in [1.165, 1.54) is 17.5 Å². The molecule has 0 unspecified atom stereocenters. The molecule has 0 spiro atoms. The van der Waals surface area contributed by atoms with Crippen molar-refractivity contribution in [3.8, 4) is 0 Å². The van der Waals surface area contributed by atoms with Gasteiger partial charge in [-0.25, -0.2) is 0 Å². The summed E-state index contributed by atoms with van der Waals surface area (Å²) in [6.45, 7) is 1.75. The first-order valence-corrected chi connectivity index (χ1v) is 5.74. The number of rotatable bonds is 3. The molecule has 86 valence electrons. The van der Waals surface area contributed by atoms with E-state index in [0.29, 0.717) is 5.56 Å².